The van der Waals surface area contributed by atoms with E-state index in [-0.39, 0.29) is 19.1 Å². The van der Waals surface area contributed by atoms with E-state index >= 15 is 0 Å². The van der Waals surface area contributed by atoms with E-state index in [1.54, 1.807) is 30.3 Å². The zero-order valence-electron chi connectivity index (χ0n) is 12.0. The standard InChI is InChI=1S/C16H14Cl2N2O3/c17-12-4-1-11(14(18)7-12)8-20-15(21)9-23-13-5-2-10(3-6-13)16(19)22/h1-7H,8-9H2,(H2,19,22)(H,20,21). The van der Waals surface area contributed by atoms with Gasteiger partial charge in [0, 0.05) is 22.2 Å². The molecule has 0 unspecified atom stereocenters. The number of rotatable bonds is 6. The van der Waals surface area contributed by atoms with E-state index in [1.165, 1.54) is 12.1 Å². The molecule has 23 heavy (non-hydrogen) atoms. The van der Waals surface area contributed by atoms with Gasteiger partial charge in [-0.2, -0.15) is 0 Å². The molecule has 0 saturated heterocycles. The van der Waals surface area contributed by atoms with Crippen LogP contribution in [-0.4, -0.2) is 18.4 Å². The van der Waals surface area contributed by atoms with Gasteiger partial charge < -0.3 is 15.8 Å². The molecular weight excluding hydrogens is 339 g/mol. The Kier molecular flexibility index (Phi) is 5.84. The van der Waals surface area contributed by atoms with Crippen molar-refractivity contribution in [1.82, 2.24) is 5.32 Å². The second kappa shape index (κ2) is 7.85. The minimum Gasteiger partial charge on any atom is -0.484 e. The van der Waals surface area contributed by atoms with Gasteiger partial charge in [-0.1, -0.05) is 29.3 Å². The Hall–Kier alpha value is -2.24. The van der Waals surface area contributed by atoms with E-state index in [4.69, 9.17) is 33.7 Å². The lowest BCUT2D eigenvalue weighted by atomic mass is 10.2. The number of ether oxygens (including phenoxy) is 1. The van der Waals surface area contributed by atoms with Gasteiger partial charge in [0.15, 0.2) is 6.61 Å². The Bertz CT molecular complexity index is 718. The topological polar surface area (TPSA) is 81.4 Å². The summed E-state index contributed by atoms with van der Waals surface area (Å²) in [5, 5.41) is 3.72. The predicted molar refractivity (Wildman–Crippen MR) is 88.8 cm³/mol. The first-order valence-electron chi connectivity index (χ1n) is 6.69. The van der Waals surface area contributed by atoms with Crippen molar-refractivity contribution in [2.24, 2.45) is 5.73 Å². The molecular formula is C16H14Cl2N2O3. The summed E-state index contributed by atoms with van der Waals surface area (Å²) < 4.78 is 5.32. The molecule has 0 spiro atoms. The summed E-state index contributed by atoms with van der Waals surface area (Å²) in [6, 6.07) is 11.3. The highest BCUT2D eigenvalue weighted by Crippen LogP contribution is 2.20. The third-order valence-corrected chi connectivity index (χ3v) is 3.59. The van der Waals surface area contributed by atoms with E-state index in [0.29, 0.717) is 21.4 Å². The van der Waals surface area contributed by atoms with Gasteiger partial charge in [-0.15, -0.1) is 0 Å². The van der Waals surface area contributed by atoms with Crippen LogP contribution in [0.15, 0.2) is 42.5 Å². The molecule has 2 amide bonds. The third-order valence-electron chi connectivity index (χ3n) is 3.00. The Morgan fingerprint density at radius 3 is 2.39 bits per heavy atom. The van der Waals surface area contributed by atoms with Crippen molar-refractivity contribution in [1.29, 1.82) is 0 Å². The number of halogens is 2. The summed E-state index contributed by atoms with van der Waals surface area (Å²) in [6.07, 6.45) is 0. The Morgan fingerprint density at radius 2 is 1.78 bits per heavy atom. The lowest BCUT2D eigenvalue weighted by Crippen LogP contribution is -2.28. The number of nitrogens with one attached hydrogen (secondary N) is 1. The minimum absolute atomic E-state index is 0.152. The van der Waals surface area contributed by atoms with Gasteiger partial charge in [-0.05, 0) is 42.0 Å². The molecule has 0 radical (unpaired) electrons. The van der Waals surface area contributed by atoms with Crippen molar-refractivity contribution in [2.45, 2.75) is 6.54 Å². The maximum Gasteiger partial charge on any atom is 0.258 e. The van der Waals surface area contributed by atoms with Crippen molar-refractivity contribution in [3.8, 4) is 5.75 Å². The molecule has 0 aromatic heterocycles. The molecule has 0 bridgehead atoms. The number of hydrogen-bond acceptors (Lipinski definition) is 3. The van der Waals surface area contributed by atoms with E-state index in [0.717, 1.165) is 5.56 Å². The van der Waals surface area contributed by atoms with Crippen LogP contribution in [0.5, 0.6) is 5.75 Å². The van der Waals surface area contributed by atoms with Crippen LogP contribution in [0.3, 0.4) is 0 Å². The van der Waals surface area contributed by atoms with Gasteiger partial charge in [0.25, 0.3) is 5.91 Å². The largest absolute Gasteiger partial charge is 0.484 e. The molecule has 0 aliphatic carbocycles. The second-order valence-electron chi connectivity index (χ2n) is 4.69. The quantitative estimate of drug-likeness (QED) is 0.838. The Balaban J connectivity index is 1.82. The lowest BCUT2D eigenvalue weighted by molar-refractivity contribution is -0.123. The molecule has 0 aliphatic rings. The zero-order valence-corrected chi connectivity index (χ0v) is 13.5. The molecule has 3 N–H and O–H groups in total. The molecule has 2 aromatic carbocycles. The first kappa shape index (κ1) is 17.1. The van der Waals surface area contributed by atoms with Gasteiger partial charge in [0.2, 0.25) is 5.91 Å². The molecule has 2 aromatic rings. The summed E-state index contributed by atoms with van der Waals surface area (Å²) >= 11 is 11.8. The number of carbonyl (C=O) groups is 2. The highest BCUT2D eigenvalue weighted by atomic mass is 35.5. The van der Waals surface area contributed by atoms with Crippen molar-refractivity contribution in [3.63, 3.8) is 0 Å². The highest BCUT2D eigenvalue weighted by molar-refractivity contribution is 6.35. The molecule has 5 nitrogen and oxygen atoms in total. The average Bonchev–Trinajstić information content (AvgIpc) is 2.52. The van der Waals surface area contributed by atoms with Crippen LogP contribution in [0.1, 0.15) is 15.9 Å². The molecule has 0 saturated carbocycles. The van der Waals surface area contributed by atoms with Gasteiger partial charge >= 0.3 is 0 Å². The van der Waals surface area contributed by atoms with Crippen LogP contribution in [0.25, 0.3) is 0 Å². The fourth-order valence-corrected chi connectivity index (χ4v) is 2.25. The fourth-order valence-electron chi connectivity index (χ4n) is 1.77. The summed E-state index contributed by atoms with van der Waals surface area (Å²) in [7, 11) is 0. The normalized spacial score (nSPS) is 10.2. The molecule has 0 atom stereocenters. The Morgan fingerprint density at radius 1 is 1.09 bits per heavy atom. The van der Waals surface area contributed by atoms with Crippen LogP contribution < -0.4 is 15.8 Å². The molecule has 120 valence electrons. The number of nitrogens with two attached hydrogens (primary N) is 1. The third kappa shape index (κ3) is 5.16. The molecule has 7 heteroatoms. The van der Waals surface area contributed by atoms with Crippen LogP contribution in [-0.2, 0) is 11.3 Å². The van der Waals surface area contributed by atoms with Crippen molar-refractivity contribution in [2.75, 3.05) is 6.61 Å². The van der Waals surface area contributed by atoms with Gasteiger partial charge in [0.05, 0.1) is 0 Å². The lowest BCUT2D eigenvalue weighted by Gasteiger charge is -2.09. The van der Waals surface area contributed by atoms with Gasteiger partial charge in [-0.25, -0.2) is 0 Å². The van der Waals surface area contributed by atoms with Crippen molar-refractivity contribution in [3.05, 3.63) is 63.6 Å². The summed E-state index contributed by atoms with van der Waals surface area (Å²) in [4.78, 5) is 22.7. The van der Waals surface area contributed by atoms with Crippen LogP contribution >= 0.6 is 23.2 Å². The highest BCUT2D eigenvalue weighted by Gasteiger charge is 2.06. The fraction of sp³-hybridized carbons (Fsp3) is 0.125. The number of hydrogen-bond donors (Lipinski definition) is 2. The summed E-state index contributed by atoms with van der Waals surface area (Å²) in [5.74, 6) is -0.348. The zero-order chi connectivity index (χ0) is 16.8. The average molecular weight is 353 g/mol. The smallest absolute Gasteiger partial charge is 0.258 e. The maximum absolute atomic E-state index is 11.8. The van der Waals surface area contributed by atoms with Crippen molar-refractivity contribution < 1.29 is 14.3 Å². The van der Waals surface area contributed by atoms with Crippen LogP contribution in [0.2, 0.25) is 10.0 Å². The molecule has 2 rings (SSSR count). The maximum atomic E-state index is 11.8. The van der Waals surface area contributed by atoms with Crippen LogP contribution in [0.4, 0.5) is 0 Å². The number of benzene rings is 2. The van der Waals surface area contributed by atoms with E-state index in [9.17, 15) is 9.59 Å². The minimum atomic E-state index is -0.519. The van der Waals surface area contributed by atoms with Crippen LogP contribution in [0, 0.1) is 0 Å². The van der Waals surface area contributed by atoms with E-state index in [2.05, 4.69) is 5.32 Å². The van der Waals surface area contributed by atoms with Gasteiger partial charge in [0.1, 0.15) is 5.75 Å². The van der Waals surface area contributed by atoms with E-state index < -0.39 is 5.91 Å². The number of amides is 2. The molecule has 0 aliphatic heterocycles. The second-order valence-corrected chi connectivity index (χ2v) is 5.53. The van der Waals surface area contributed by atoms with E-state index in [1.807, 2.05) is 0 Å². The number of primary amides is 1. The summed E-state index contributed by atoms with van der Waals surface area (Å²) in [6.45, 7) is 0.125. The Labute approximate surface area is 143 Å². The SMILES string of the molecule is NC(=O)c1ccc(OCC(=O)NCc2ccc(Cl)cc2Cl)cc1. The predicted octanol–water partition coefficient (Wildman–Crippen LogP) is 2.79. The van der Waals surface area contributed by atoms with Gasteiger partial charge in [-0.3, -0.25) is 9.59 Å². The first-order valence-corrected chi connectivity index (χ1v) is 7.44. The monoisotopic (exact) mass is 352 g/mol. The molecule has 0 heterocycles. The van der Waals surface area contributed by atoms with Crippen molar-refractivity contribution >= 4 is 35.0 Å². The number of carbonyl (C=O) groups excluding carboxylic acids is 2. The first-order chi connectivity index (χ1) is 11.0. The summed E-state index contributed by atoms with van der Waals surface area (Å²) in [5.41, 5.74) is 6.27. The molecule has 0 fully saturated rings.